The number of nitrogens with zero attached hydrogens (tertiary/aromatic N) is 1. The van der Waals surface area contributed by atoms with Gasteiger partial charge in [0.2, 0.25) is 11.8 Å². The molecule has 0 saturated carbocycles. The van der Waals surface area contributed by atoms with Gasteiger partial charge < -0.3 is 5.32 Å². The number of nitrogens with one attached hydrogen (secondary N) is 1. The van der Waals surface area contributed by atoms with E-state index in [-0.39, 0.29) is 11.8 Å². The Balaban J connectivity index is 1.93. The van der Waals surface area contributed by atoms with Crippen LogP contribution < -0.4 is 5.32 Å². The Labute approximate surface area is 81.0 Å². The molecule has 2 amide bonds. The summed E-state index contributed by atoms with van der Waals surface area (Å²) >= 11 is 1.41. The predicted molar refractivity (Wildman–Crippen MR) is 50.4 cm³/mol. The number of rotatable bonds is 2. The molecule has 2 fully saturated rings. The molecule has 4 nitrogen and oxygen atoms in total. The van der Waals surface area contributed by atoms with Crippen molar-refractivity contribution in [2.24, 2.45) is 5.92 Å². The first-order valence-electron chi connectivity index (χ1n) is 4.39. The lowest BCUT2D eigenvalue weighted by Crippen LogP contribution is -2.53. The SMILES string of the molecule is O=C1CSCC(=O)N1CC1CNC1. The fourth-order valence-electron chi connectivity index (χ4n) is 1.46. The molecule has 2 saturated heterocycles. The van der Waals surface area contributed by atoms with Crippen LogP contribution in [0.2, 0.25) is 0 Å². The van der Waals surface area contributed by atoms with Crippen LogP contribution in [0, 0.1) is 5.92 Å². The number of hydrogen-bond donors (Lipinski definition) is 1. The molecule has 2 heterocycles. The van der Waals surface area contributed by atoms with Crippen molar-refractivity contribution in [2.45, 2.75) is 0 Å². The molecule has 2 rings (SSSR count). The van der Waals surface area contributed by atoms with E-state index in [1.807, 2.05) is 0 Å². The number of thioether (sulfide) groups is 1. The minimum Gasteiger partial charge on any atom is -0.316 e. The van der Waals surface area contributed by atoms with Gasteiger partial charge in [-0.2, -0.15) is 0 Å². The van der Waals surface area contributed by atoms with Crippen molar-refractivity contribution in [1.29, 1.82) is 0 Å². The maximum atomic E-state index is 11.3. The van der Waals surface area contributed by atoms with Crippen LogP contribution >= 0.6 is 11.8 Å². The molecule has 0 bridgehead atoms. The zero-order valence-corrected chi connectivity index (χ0v) is 8.10. The average molecular weight is 200 g/mol. The van der Waals surface area contributed by atoms with Gasteiger partial charge in [0, 0.05) is 25.6 Å². The summed E-state index contributed by atoms with van der Waals surface area (Å²) in [6.45, 7) is 2.49. The molecule has 0 atom stereocenters. The Kier molecular flexibility index (Phi) is 2.55. The number of carbonyl (C=O) groups is 2. The van der Waals surface area contributed by atoms with Crippen LogP contribution in [0.25, 0.3) is 0 Å². The van der Waals surface area contributed by atoms with Crippen molar-refractivity contribution in [3.63, 3.8) is 0 Å². The molecule has 0 unspecified atom stereocenters. The lowest BCUT2D eigenvalue weighted by molar-refractivity contribution is -0.143. The highest BCUT2D eigenvalue weighted by atomic mass is 32.2. The normalized spacial score (nSPS) is 24.8. The molecule has 13 heavy (non-hydrogen) atoms. The van der Waals surface area contributed by atoms with E-state index in [0.29, 0.717) is 24.0 Å². The minimum absolute atomic E-state index is 0.0202. The number of imide groups is 1. The van der Waals surface area contributed by atoms with E-state index < -0.39 is 0 Å². The van der Waals surface area contributed by atoms with Crippen LogP contribution in [-0.2, 0) is 9.59 Å². The standard InChI is InChI=1S/C8H12N2O2S/c11-7-4-13-5-8(12)10(7)3-6-1-9-2-6/h6,9H,1-5H2. The monoisotopic (exact) mass is 200 g/mol. The van der Waals surface area contributed by atoms with Gasteiger partial charge in [0.1, 0.15) is 0 Å². The molecule has 0 aromatic heterocycles. The first kappa shape index (κ1) is 9.02. The molecule has 1 N–H and O–H groups in total. The van der Waals surface area contributed by atoms with Crippen molar-refractivity contribution in [1.82, 2.24) is 10.2 Å². The van der Waals surface area contributed by atoms with E-state index in [1.165, 1.54) is 16.7 Å². The summed E-state index contributed by atoms with van der Waals surface area (Å²) in [5, 5.41) is 3.13. The van der Waals surface area contributed by atoms with Gasteiger partial charge in [-0.05, 0) is 0 Å². The van der Waals surface area contributed by atoms with Crippen LogP contribution in [-0.4, -0.2) is 47.9 Å². The largest absolute Gasteiger partial charge is 0.316 e. The molecular weight excluding hydrogens is 188 g/mol. The molecule has 5 heteroatoms. The molecule has 2 aliphatic heterocycles. The highest BCUT2D eigenvalue weighted by molar-refractivity contribution is 8.00. The van der Waals surface area contributed by atoms with Crippen molar-refractivity contribution >= 4 is 23.6 Å². The summed E-state index contributed by atoms with van der Waals surface area (Å²) in [5.41, 5.74) is 0. The van der Waals surface area contributed by atoms with Gasteiger partial charge in [-0.1, -0.05) is 0 Å². The van der Waals surface area contributed by atoms with Gasteiger partial charge in [-0.3, -0.25) is 14.5 Å². The molecule has 0 aromatic carbocycles. The van der Waals surface area contributed by atoms with E-state index >= 15 is 0 Å². The van der Waals surface area contributed by atoms with Gasteiger partial charge in [-0.25, -0.2) is 0 Å². The van der Waals surface area contributed by atoms with Gasteiger partial charge in [0.25, 0.3) is 0 Å². The van der Waals surface area contributed by atoms with Gasteiger partial charge in [0.05, 0.1) is 11.5 Å². The maximum Gasteiger partial charge on any atom is 0.239 e. The van der Waals surface area contributed by atoms with Gasteiger partial charge in [-0.15, -0.1) is 11.8 Å². The van der Waals surface area contributed by atoms with Gasteiger partial charge >= 0.3 is 0 Å². The number of carbonyl (C=O) groups excluding carboxylic acids is 2. The third kappa shape index (κ3) is 1.86. The van der Waals surface area contributed by atoms with Crippen molar-refractivity contribution in [3.8, 4) is 0 Å². The Morgan fingerprint density at radius 1 is 1.31 bits per heavy atom. The zero-order chi connectivity index (χ0) is 9.26. The average Bonchev–Trinajstić information content (AvgIpc) is 2.00. The van der Waals surface area contributed by atoms with Crippen molar-refractivity contribution < 1.29 is 9.59 Å². The highest BCUT2D eigenvalue weighted by Gasteiger charge is 2.30. The first-order chi connectivity index (χ1) is 6.27. The van der Waals surface area contributed by atoms with Crippen LogP contribution in [0.1, 0.15) is 0 Å². The zero-order valence-electron chi connectivity index (χ0n) is 7.28. The van der Waals surface area contributed by atoms with E-state index in [0.717, 1.165) is 13.1 Å². The van der Waals surface area contributed by atoms with Crippen molar-refractivity contribution in [2.75, 3.05) is 31.1 Å². The topological polar surface area (TPSA) is 49.4 Å². The molecule has 0 radical (unpaired) electrons. The second-order valence-corrected chi connectivity index (χ2v) is 4.40. The summed E-state index contributed by atoms with van der Waals surface area (Å²) in [4.78, 5) is 24.1. The quantitative estimate of drug-likeness (QED) is 0.599. The molecule has 2 aliphatic rings. The van der Waals surface area contributed by atoms with E-state index in [9.17, 15) is 9.59 Å². The molecular formula is C8H12N2O2S. The fraction of sp³-hybridized carbons (Fsp3) is 0.750. The second kappa shape index (κ2) is 3.67. The maximum absolute atomic E-state index is 11.3. The van der Waals surface area contributed by atoms with E-state index in [4.69, 9.17) is 0 Å². The summed E-state index contributed by atoms with van der Waals surface area (Å²) in [5.74, 6) is 1.37. The van der Waals surface area contributed by atoms with Gasteiger partial charge in [0.15, 0.2) is 0 Å². The lowest BCUT2D eigenvalue weighted by Gasteiger charge is -2.33. The number of amides is 2. The number of hydrogen-bond acceptors (Lipinski definition) is 4. The predicted octanol–water partition coefficient (Wildman–Crippen LogP) is -0.692. The highest BCUT2D eigenvalue weighted by Crippen LogP contribution is 2.15. The smallest absolute Gasteiger partial charge is 0.239 e. The van der Waals surface area contributed by atoms with Crippen LogP contribution in [0.3, 0.4) is 0 Å². The Morgan fingerprint density at radius 3 is 2.38 bits per heavy atom. The van der Waals surface area contributed by atoms with Crippen LogP contribution in [0.4, 0.5) is 0 Å². The molecule has 72 valence electrons. The summed E-state index contributed by atoms with van der Waals surface area (Å²) < 4.78 is 0. The van der Waals surface area contributed by atoms with Crippen molar-refractivity contribution in [3.05, 3.63) is 0 Å². The Bertz CT molecular complexity index is 224. The summed E-state index contributed by atoms with van der Waals surface area (Å²) in [7, 11) is 0. The molecule has 0 aromatic rings. The molecule has 0 spiro atoms. The van der Waals surface area contributed by atoms with Crippen LogP contribution in [0.5, 0.6) is 0 Å². The first-order valence-corrected chi connectivity index (χ1v) is 5.54. The van der Waals surface area contributed by atoms with Crippen LogP contribution in [0.15, 0.2) is 0 Å². The third-order valence-corrected chi connectivity index (χ3v) is 3.26. The molecule has 0 aliphatic carbocycles. The summed E-state index contributed by atoms with van der Waals surface area (Å²) in [6.07, 6.45) is 0. The third-order valence-electron chi connectivity index (χ3n) is 2.36. The van der Waals surface area contributed by atoms with E-state index in [1.54, 1.807) is 0 Å². The Hall–Kier alpha value is -0.550. The van der Waals surface area contributed by atoms with E-state index in [2.05, 4.69) is 5.32 Å². The lowest BCUT2D eigenvalue weighted by atomic mass is 10.0. The summed E-state index contributed by atoms with van der Waals surface area (Å²) in [6, 6.07) is 0. The minimum atomic E-state index is -0.0202. The Morgan fingerprint density at radius 2 is 1.92 bits per heavy atom. The second-order valence-electron chi connectivity index (χ2n) is 3.42. The fourth-order valence-corrected chi connectivity index (χ4v) is 2.22.